The summed E-state index contributed by atoms with van der Waals surface area (Å²) in [5.74, 6) is -0.423. The number of rotatable bonds is 18. The molecule has 3 fully saturated rings. The first-order valence-electron chi connectivity index (χ1n) is 21.2. The van der Waals surface area contributed by atoms with Gasteiger partial charge in [0.15, 0.2) is 0 Å². The van der Waals surface area contributed by atoms with Crippen LogP contribution in [0.4, 0.5) is 19.2 Å². The van der Waals surface area contributed by atoms with E-state index >= 15 is 0 Å². The van der Waals surface area contributed by atoms with Gasteiger partial charge in [0.1, 0.15) is 26.4 Å². The van der Waals surface area contributed by atoms with Crippen molar-refractivity contribution in [2.45, 2.75) is 138 Å². The van der Waals surface area contributed by atoms with Gasteiger partial charge >= 0.3 is 36.3 Å². The van der Waals surface area contributed by atoms with Crippen molar-refractivity contribution < 1.29 is 57.2 Å². The van der Waals surface area contributed by atoms with Crippen LogP contribution in [0, 0.1) is 33.5 Å². The molecule has 0 bridgehead atoms. The van der Waals surface area contributed by atoms with Gasteiger partial charge in [0, 0.05) is 37.2 Å². The molecule has 336 valence electrons. The largest absolute Gasteiger partial charge is 0.462 e. The summed E-state index contributed by atoms with van der Waals surface area (Å²) in [6.45, 7) is 20.9. The molecule has 16 nitrogen and oxygen atoms in total. The number of hydrogen-bond donors (Lipinski definition) is 4. The second-order valence-corrected chi connectivity index (χ2v) is 19.4. The monoisotopic (exact) mass is 837 g/mol. The predicted octanol–water partition coefficient (Wildman–Crippen LogP) is 6.94. The lowest BCUT2D eigenvalue weighted by Gasteiger charge is -2.46. The zero-order chi connectivity index (χ0) is 43.9. The summed E-state index contributed by atoms with van der Waals surface area (Å²) in [5, 5.41) is 11.8. The molecule has 3 saturated carbocycles. The molecule has 4 unspecified atom stereocenters. The lowest BCUT2D eigenvalue weighted by molar-refractivity contribution is -0.144. The van der Waals surface area contributed by atoms with Crippen molar-refractivity contribution in [2.75, 3.05) is 52.7 Å². The number of esters is 2. The molecule has 3 rings (SSSR count). The van der Waals surface area contributed by atoms with E-state index < -0.39 is 30.3 Å². The number of carbonyl (C=O) groups excluding carboxylic acids is 6. The number of ether oxygens (including phenoxy) is 6. The minimum atomic E-state index is -0.579. The quantitative estimate of drug-likeness (QED) is 0.0480. The van der Waals surface area contributed by atoms with Crippen LogP contribution in [-0.2, 0) is 38.0 Å². The van der Waals surface area contributed by atoms with E-state index in [1.54, 1.807) is 13.8 Å². The third-order valence-corrected chi connectivity index (χ3v) is 11.5. The van der Waals surface area contributed by atoms with E-state index in [0.717, 1.165) is 51.4 Å². The Morgan fingerprint density at radius 2 is 0.949 bits per heavy atom. The number of nitrogens with one attached hydrogen (secondary N) is 4. The highest BCUT2D eigenvalue weighted by Gasteiger charge is 2.43. The second kappa shape index (κ2) is 22.4. The predicted molar refractivity (Wildman–Crippen MR) is 219 cm³/mol. The fraction of sp³-hybridized carbons (Fsp3) is 0.814. The van der Waals surface area contributed by atoms with Gasteiger partial charge in [-0.1, -0.05) is 55.0 Å². The third-order valence-electron chi connectivity index (χ3n) is 11.5. The van der Waals surface area contributed by atoms with E-state index in [0.29, 0.717) is 39.1 Å². The van der Waals surface area contributed by atoms with Crippen molar-refractivity contribution in [3.05, 3.63) is 12.2 Å². The summed E-state index contributed by atoms with van der Waals surface area (Å²) >= 11 is 0. The Kier molecular flexibility index (Phi) is 18.6. The average molecular weight is 837 g/mol. The van der Waals surface area contributed by atoms with Crippen LogP contribution in [0.5, 0.6) is 0 Å². The summed E-state index contributed by atoms with van der Waals surface area (Å²) in [6.07, 6.45) is 6.20. The Labute approximate surface area is 350 Å². The van der Waals surface area contributed by atoms with Gasteiger partial charge in [-0.25, -0.2) is 24.0 Å². The summed E-state index contributed by atoms with van der Waals surface area (Å²) < 4.78 is 31.6. The highest BCUT2D eigenvalue weighted by molar-refractivity contribution is 5.86. The van der Waals surface area contributed by atoms with Gasteiger partial charge in [0.25, 0.3) is 0 Å². The van der Waals surface area contributed by atoms with Crippen LogP contribution in [0.25, 0.3) is 0 Å². The highest BCUT2D eigenvalue weighted by atomic mass is 16.6. The number of carbonyl (C=O) groups is 6. The number of hydrogen-bond acceptors (Lipinski definition) is 12. The summed E-state index contributed by atoms with van der Waals surface area (Å²) in [4.78, 5) is 73.2. The zero-order valence-electron chi connectivity index (χ0n) is 36.9. The fourth-order valence-corrected chi connectivity index (χ4v) is 9.57. The molecule has 3 aliphatic rings. The van der Waals surface area contributed by atoms with Crippen LogP contribution in [-0.4, -0.2) is 101 Å². The second-order valence-electron chi connectivity index (χ2n) is 19.4. The minimum absolute atomic E-state index is 0.0146. The third kappa shape index (κ3) is 18.7. The normalized spacial score (nSPS) is 27.1. The van der Waals surface area contributed by atoms with Gasteiger partial charge in [0.05, 0.1) is 13.2 Å². The van der Waals surface area contributed by atoms with Gasteiger partial charge in [-0.3, -0.25) is 4.79 Å². The van der Waals surface area contributed by atoms with E-state index in [2.05, 4.69) is 69.4 Å². The molecular formula is C43H72N4O12. The summed E-state index contributed by atoms with van der Waals surface area (Å²) in [6, 6.07) is -0.294. The van der Waals surface area contributed by atoms with Crippen molar-refractivity contribution >= 4 is 36.3 Å². The molecule has 59 heavy (non-hydrogen) atoms. The average Bonchev–Trinajstić information content (AvgIpc) is 3.13. The Balaban J connectivity index is 1.31. The molecule has 4 atom stereocenters. The van der Waals surface area contributed by atoms with Crippen LogP contribution in [0.2, 0.25) is 0 Å². The van der Waals surface area contributed by atoms with Crippen molar-refractivity contribution in [2.24, 2.45) is 33.5 Å². The Bertz CT molecular complexity index is 1460. The number of amides is 4. The molecule has 0 spiro atoms. The fourth-order valence-electron chi connectivity index (χ4n) is 9.57. The van der Waals surface area contributed by atoms with E-state index in [1.807, 2.05) is 0 Å². The Morgan fingerprint density at radius 1 is 0.559 bits per heavy atom. The Hall–Kier alpha value is -4.24. The van der Waals surface area contributed by atoms with Crippen LogP contribution < -0.4 is 21.3 Å². The molecule has 0 aliphatic heterocycles. The van der Waals surface area contributed by atoms with E-state index in [1.165, 1.54) is 0 Å². The van der Waals surface area contributed by atoms with Crippen LogP contribution in [0.1, 0.15) is 126 Å². The molecule has 0 aromatic carbocycles. The number of alkyl carbamates (subject to hydrolysis) is 4. The van der Waals surface area contributed by atoms with Crippen molar-refractivity contribution in [3.63, 3.8) is 0 Å². The maximum absolute atomic E-state index is 12.8. The molecule has 4 N–H and O–H groups in total. The topological polar surface area (TPSA) is 206 Å². The van der Waals surface area contributed by atoms with Crippen molar-refractivity contribution in [1.29, 1.82) is 0 Å². The lowest BCUT2D eigenvalue weighted by atomic mass is 9.62. The molecule has 0 heterocycles. The van der Waals surface area contributed by atoms with E-state index in [4.69, 9.17) is 28.4 Å². The van der Waals surface area contributed by atoms with Gasteiger partial charge < -0.3 is 49.7 Å². The summed E-state index contributed by atoms with van der Waals surface area (Å²) in [5.41, 5.74) is -0.441. The molecule has 0 radical (unpaired) electrons. The van der Waals surface area contributed by atoms with E-state index in [9.17, 15) is 28.8 Å². The van der Waals surface area contributed by atoms with Gasteiger partial charge in [-0.2, -0.15) is 0 Å². The first kappa shape index (κ1) is 49.1. The van der Waals surface area contributed by atoms with Gasteiger partial charge in [0.2, 0.25) is 0 Å². The molecule has 0 aromatic rings. The van der Waals surface area contributed by atoms with Gasteiger partial charge in [-0.15, -0.1) is 0 Å². The minimum Gasteiger partial charge on any atom is -0.462 e. The highest BCUT2D eigenvalue weighted by Crippen LogP contribution is 2.47. The maximum atomic E-state index is 12.8. The zero-order valence-corrected chi connectivity index (χ0v) is 36.9. The lowest BCUT2D eigenvalue weighted by Crippen LogP contribution is -2.50. The van der Waals surface area contributed by atoms with Crippen LogP contribution in [0.15, 0.2) is 12.2 Å². The van der Waals surface area contributed by atoms with Crippen molar-refractivity contribution in [3.8, 4) is 0 Å². The first-order chi connectivity index (χ1) is 27.6. The van der Waals surface area contributed by atoms with E-state index in [-0.39, 0.29) is 90.0 Å². The first-order valence-corrected chi connectivity index (χ1v) is 21.2. The maximum Gasteiger partial charge on any atom is 0.407 e. The Morgan fingerprint density at radius 3 is 1.34 bits per heavy atom. The molecule has 3 aliphatic carbocycles. The molecule has 0 saturated heterocycles. The smallest absolute Gasteiger partial charge is 0.407 e. The van der Waals surface area contributed by atoms with Crippen LogP contribution in [0.3, 0.4) is 0 Å². The molecule has 0 aromatic heterocycles. The van der Waals surface area contributed by atoms with Crippen LogP contribution >= 0.6 is 0 Å². The molecular weight excluding hydrogens is 764 g/mol. The SMILES string of the molecule is C=C(C)C(=O)OCCOC(=O)NC1CC(C)(C)CC(C)(CNC(=O)OCC2CCC(COC(=O)NCC3(C)CC(NC(=O)OCCOC(=O)CC)CC(C)(C)C3)CC2)C1. The standard InChI is InChI=1S/C43H72N4O12/c1-10-34(48)54-15-17-56-38(52)46-32-19-40(4,5)25-42(8,21-32)27-44-36(50)58-23-30-11-13-31(14-12-30)24-59-37(51)45-28-43(9)22-33(20-41(6,7)26-43)47-39(53)57-18-16-55-35(49)29(2)3/h30-33H,2,10-28H2,1,3-9H3,(H,44,50)(H,45,51)(H,46,52)(H,47,53). The molecule has 16 heteroatoms. The van der Waals surface area contributed by atoms with Crippen molar-refractivity contribution in [1.82, 2.24) is 21.3 Å². The summed E-state index contributed by atoms with van der Waals surface area (Å²) in [7, 11) is 0. The molecule has 4 amide bonds. The van der Waals surface area contributed by atoms with Gasteiger partial charge in [-0.05, 0) is 105 Å².